The topological polar surface area (TPSA) is 57.5 Å². The van der Waals surface area contributed by atoms with Crippen molar-refractivity contribution in [1.82, 2.24) is 0 Å². The molecule has 0 heterocycles. The molecule has 0 saturated heterocycles. The average molecular weight is 264 g/mol. The van der Waals surface area contributed by atoms with Gasteiger partial charge in [-0.3, -0.25) is 4.79 Å². The summed E-state index contributed by atoms with van der Waals surface area (Å²) in [6, 6.07) is 7.65. The van der Waals surface area contributed by atoms with E-state index >= 15 is 0 Å². The number of benzene rings is 1. The maximum absolute atomic E-state index is 10.9. The minimum Gasteiger partial charge on any atom is -0.481 e. The van der Waals surface area contributed by atoms with Gasteiger partial charge in [0.2, 0.25) is 0 Å². The van der Waals surface area contributed by atoms with Crippen molar-refractivity contribution < 1.29 is 15.0 Å². The number of carboxylic acids is 1. The fourth-order valence-electron chi connectivity index (χ4n) is 2.27. The summed E-state index contributed by atoms with van der Waals surface area (Å²) >= 11 is 0. The molecule has 0 saturated carbocycles. The lowest BCUT2D eigenvalue weighted by Crippen LogP contribution is -2.34. The highest BCUT2D eigenvalue weighted by atomic mass is 16.4. The molecular weight excluding hydrogens is 240 g/mol. The van der Waals surface area contributed by atoms with Gasteiger partial charge in [0.1, 0.15) is 5.60 Å². The van der Waals surface area contributed by atoms with Crippen LogP contribution in [0.15, 0.2) is 24.3 Å². The number of aliphatic hydroxyl groups is 1. The van der Waals surface area contributed by atoms with Gasteiger partial charge >= 0.3 is 5.97 Å². The molecule has 0 amide bonds. The zero-order valence-electron chi connectivity index (χ0n) is 12.2. The number of rotatable bonds is 6. The number of hydrogen-bond acceptors (Lipinski definition) is 2. The van der Waals surface area contributed by atoms with Crippen LogP contribution < -0.4 is 0 Å². The number of carboxylic acid groups (broad SMARTS) is 1. The summed E-state index contributed by atoms with van der Waals surface area (Å²) in [6.07, 6.45) is 0.716. The van der Waals surface area contributed by atoms with Crippen LogP contribution in [0.4, 0.5) is 0 Å². The Bertz CT molecular complexity index is 420. The van der Waals surface area contributed by atoms with E-state index in [-0.39, 0.29) is 12.3 Å². The second-order valence-electron chi connectivity index (χ2n) is 5.94. The lowest BCUT2D eigenvalue weighted by molar-refractivity contribution is -0.145. The highest BCUT2D eigenvalue weighted by Gasteiger charge is 2.35. The second kappa shape index (κ2) is 6.20. The fourth-order valence-corrected chi connectivity index (χ4v) is 2.27. The van der Waals surface area contributed by atoms with Gasteiger partial charge in [0.05, 0.1) is 6.42 Å². The van der Waals surface area contributed by atoms with Crippen molar-refractivity contribution in [3.8, 4) is 0 Å². The van der Waals surface area contributed by atoms with Crippen molar-refractivity contribution in [1.29, 1.82) is 0 Å². The molecule has 3 heteroatoms. The van der Waals surface area contributed by atoms with Crippen molar-refractivity contribution in [2.75, 3.05) is 0 Å². The van der Waals surface area contributed by atoms with Crippen LogP contribution in [-0.2, 0) is 16.8 Å². The van der Waals surface area contributed by atoms with E-state index in [0.29, 0.717) is 11.5 Å². The molecule has 0 aromatic heterocycles. The van der Waals surface area contributed by atoms with Crippen LogP contribution in [0.2, 0.25) is 0 Å². The van der Waals surface area contributed by atoms with E-state index in [2.05, 4.69) is 13.8 Å². The van der Waals surface area contributed by atoms with Crippen molar-refractivity contribution in [3.05, 3.63) is 35.4 Å². The third kappa shape index (κ3) is 4.06. The third-order valence-corrected chi connectivity index (χ3v) is 3.47. The number of aliphatic carboxylic acids is 1. The van der Waals surface area contributed by atoms with Crippen molar-refractivity contribution >= 4 is 5.97 Å². The summed E-state index contributed by atoms with van der Waals surface area (Å²) in [5, 5.41) is 19.6. The predicted octanol–water partition coefficient (Wildman–Crippen LogP) is 3.20. The highest BCUT2D eigenvalue weighted by molar-refractivity contribution is 5.68. The van der Waals surface area contributed by atoms with Crippen LogP contribution >= 0.6 is 0 Å². The molecule has 106 valence electrons. The lowest BCUT2D eigenvalue weighted by atomic mass is 9.80. The molecule has 0 aliphatic carbocycles. The summed E-state index contributed by atoms with van der Waals surface area (Å²) in [5.74, 6) is -0.559. The smallest absolute Gasteiger partial charge is 0.306 e. The summed E-state index contributed by atoms with van der Waals surface area (Å²) < 4.78 is 0. The first kappa shape index (κ1) is 15.7. The van der Waals surface area contributed by atoms with Crippen molar-refractivity contribution in [2.45, 2.75) is 46.1 Å². The molecular formula is C16H24O3. The standard InChI is InChI=1S/C16H24O3/c1-11(2)9-13-5-7-14(8-6-13)16(19,12(3)4)10-15(17)18/h5-8,11-12,19H,9-10H2,1-4H3,(H,17,18). The van der Waals surface area contributed by atoms with E-state index in [9.17, 15) is 9.90 Å². The minimum absolute atomic E-state index is 0.153. The first-order valence-corrected chi connectivity index (χ1v) is 6.79. The quantitative estimate of drug-likeness (QED) is 0.829. The Labute approximate surface area is 115 Å². The van der Waals surface area contributed by atoms with Crippen LogP contribution in [0.5, 0.6) is 0 Å². The first-order chi connectivity index (χ1) is 8.75. The maximum Gasteiger partial charge on any atom is 0.306 e. The Morgan fingerprint density at radius 1 is 1.16 bits per heavy atom. The molecule has 19 heavy (non-hydrogen) atoms. The van der Waals surface area contributed by atoms with Crippen molar-refractivity contribution in [2.24, 2.45) is 11.8 Å². The highest BCUT2D eigenvalue weighted by Crippen LogP contribution is 2.33. The normalized spacial score (nSPS) is 14.7. The van der Waals surface area contributed by atoms with Gasteiger partial charge in [-0.25, -0.2) is 0 Å². The van der Waals surface area contributed by atoms with Crippen LogP contribution in [0, 0.1) is 11.8 Å². The molecule has 1 unspecified atom stereocenters. The minimum atomic E-state index is -1.30. The van der Waals surface area contributed by atoms with Gasteiger partial charge in [-0.15, -0.1) is 0 Å². The molecule has 1 atom stereocenters. The van der Waals surface area contributed by atoms with Gasteiger partial charge in [0.25, 0.3) is 0 Å². The van der Waals surface area contributed by atoms with E-state index < -0.39 is 11.6 Å². The Hall–Kier alpha value is -1.35. The molecule has 3 nitrogen and oxygen atoms in total. The molecule has 0 aliphatic heterocycles. The Morgan fingerprint density at radius 2 is 1.68 bits per heavy atom. The first-order valence-electron chi connectivity index (χ1n) is 6.79. The summed E-state index contributed by atoms with van der Waals surface area (Å²) in [6.45, 7) is 7.99. The van der Waals surface area contributed by atoms with E-state index in [1.165, 1.54) is 5.56 Å². The number of carbonyl (C=O) groups is 1. The van der Waals surface area contributed by atoms with Crippen molar-refractivity contribution in [3.63, 3.8) is 0 Å². The maximum atomic E-state index is 10.9. The SMILES string of the molecule is CC(C)Cc1ccc(C(O)(CC(=O)O)C(C)C)cc1. The Kier molecular flexibility index (Phi) is 5.12. The van der Waals surface area contributed by atoms with E-state index in [0.717, 1.165) is 6.42 Å². The van der Waals surface area contributed by atoms with Gasteiger partial charge in [0.15, 0.2) is 0 Å². The van der Waals surface area contributed by atoms with E-state index in [4.69, 9.17) is 5.11 Å². The Morgan fingerprint density at radius 3 is 2.05 bits per heavy atom. The van der Waals surface area contributed by atoms with Gasteiger partial charge < -0.3 is 10.2 Å². The zero-order chi connectivity index (χ0) is 14.6. The Balaban J connectivity index is 3.01. The van der Waals surface area contributed by atoms with E-state index in [1.807, 2.05) is 38.1 Å². The van der Waals surface area contributed by atoms with Gasteiger partial charge in [0, 0.05) is 0 Å². The summed E-state index contributed by atoms with van der Waals surface area (Å²) in [5.41, 5.74) is 0.583. The molecule has 1 aromatic rings. The fraction of sp³-hybridized carbons (Fsp3) is 0.562. The second-order valence-corrected chi connectivity index (χ2v) is 5.94. The molecule has 0 spiro atoms. The molecule has 0 aliphatic rings. The van der Waals surface area contributed by atoms with Gasteiger partial charge in [-0.1, -0.05) is 52.0 Å². The largest absolute Gasteiger partial charge is 0.481 e. The molecule has 2 N–H and O–H groups in total. The summed E-state index contributed by atoms with van der Waals surface area (Å²) in [4.78, 5) is 10.9. The lowest BCUT2D eigenvalue weighted by Gasteiger charge is -2.31. The summed E-state index contributed by atoms with van der Waals surface area (Å²) in [7, 11) is 0. The molecule has 0 bridgehead atoms. The van der Waals surface area contributed by atoms with Crippen LogP contribution in [-0.4, -0.2) is 16.2 Å². The van der Waals surface area contributed by atoms with Crippen LogP contribution in [0.3, 0.4) is 0 Å². The molecule has 0 fully saturated rings. The molecule has 1 aromatic carbocycles. The van der Waals surface area contributed by atoms with Gasteiger partial charge in [-0.05, 0) is 29.4 Å². The molecule has 0 radical (unpaired) electrons. The average Bonchev–Trinajstić information content (AvgIpc) is 2.27. The predicted molar refractivity (Wildman–Crippen MR) is 76.0 cm³/mol. The monoisotopic (exact) mass is 264 g/mol. The molecule has 1 rings (SSSR count). The number of hydrogen-bond donors (Lipinski definition) is 2. The van der Waals surface area contributed by atoms with Crippen LogP contribution in [0.25, 0.3) is 0 Å². The van der Waals surface area contributed by atoms with Gasteiger partial charge in [-0.2, -0.15) is 0 Å². The zero-order valence-corrected chi connectivity index (χ0v) is 12.2. The van der Waals surface area contributed by atoms with Crippen LogP contribution in [0.1, 0.15) is 45.2 Å². The van der Waals surface area contributed by atoms with E-state index in [1.54, 1.807) is 0 Å². The third-order valence-electron chi connectivity index (χ3n) is 3.47.